The summed E-state index contributed by atoms with van der Waals surface area (Å²) in [6.45, 7) is 9.49. The van der Waals surface area contributed by atoms with Crippen LogP contribution in [0.1, 0.15) is 65.0 Å². The summed E-state index contributed by atoms with van der Waals surface area (Å²) in [6, 6.07) is 9.21. The minimum Gasteiger partial charge on any atom is -0.494 e. The maximum Gasteiger partial charge on any atom is 0.124 e. The van der Waals surface area contributed by atoms with Crippen LogP contribution in [-0.4, -0.2) is 12.6 Å². The molecule has 0 radical (unpaired) electrons. The Morgan fingerprint density at radius 2 is 1.84 bits per heavy atom. The summed E-state index contributed by atoms with van der Waals surface area (Å²) < 4.78 is 5.70. The standard InChI is InChI=1S/C17H29NO/c1-5-7-8-11-14(3)18-15(4)16-12-9-10-13-17(16)19-6-2/h9-10,12-15,18H,5-8,11H2,1-4H3. The molecule has 0 aliphatic carbocycles. The maximum absolute atomic E-state index is 5.70. The molecule has 0 spiro atoms. The molecule has 2 atom stereocenters. The molecular formula is C17H29NO. The lowest BCUT2D eigenvalue weighted by molar-refractivity contribution is 0.329. The van der Waals surface area contributed by atoms with Crippen molar-refractivity contribution in [1.29, 1.82) is 0 Å². The molecule has 0 heterocycles. The molecule has 0 aliphatic rings. The monoisotopic (exact) mass is 263 g/mol. The SMILES string of the molecule is CCCCCC(C)NC(C)c1ccccc1OCC. The van der Waals surface area contributed by atoms with Crippen molar-refractivity contribution in [1.82, 2.24) is 5.32 Å². The molecule has 0 saturated carbocycles. The number of unbranched alkanes of at least 4 members (excludes halogenated alkanes) is 2. The molecular weight excluding hydrogens is 234 g/mol. The zero-order valence-electron chi connectivity index (χ0n) is 12.9. The summed E-state index contributed by atoms with van der Waals surface area (Å²) in [4.78, 5) is 0. The van der Waals surface area contributed by atoms with Crippen LogP contribution in [0.2, 0.25) is 0 Å². The fourth-order valence-corrected chi connectivity index (χ4v) is 2.43. The summed E-state index contributed by atoms with van der Waals surface area (Å²) >= 11 is 0. The van der Waals surface area contributed by atoms with Gasteiger partial charge in [-0.2, -0.15) is 0 Å². The van der Waals surface area contributed by atoms with Gasteiger partial charge in [0.1, 0.15) is 5.75 Å². The van der Waals surface area contributed by atoms with E-state index in [9.17, 15) is 0 Å². The van der Waals surface area contributed by atoms with Gasteiger partial charge in [0.2, 0.25) is 0 Å². The minimum atomic E-state index is 0.333. The van der Waals surface area contributed by atoms with Crippen molar-refractivity contribution in [3.8, 4) is 5.75 Å². The van der Waals surface area contributed by atoms with E-state index >= 15 is 0 Å². The normalized spacial score (nSPS) is 14.1. The van der Waals surface area contributed by atoms with Gasteiger partial charge in [0.15, 0.2) is 0 Å². The lowest BCUT2D eigenvalue weighted by atomic mass is 10.0. The van der Waals surface area contributed by atoms with Gasteiger partial charge >= 0.3 is 0 Å². The predicted molar refractivity (Wildman–Crippen MR) is 82.8 cm³/mol. The highest BCUT2D eigenvalue weighted by molar-refractivity contribution is 5.35. The highest BCUT2D eigenvalue weighted by Crippen LogP contribution is 2.25. The van der Waals surface area contributed by atoms with Crippen LogP contribution in [0.25, 0.3) is 0 Å². The first kappa shape index (κ1) is 16.0. The van der Waals surface area contributed by atoms with Crippen molar-refractivity contribution in [2.45, 2.75) is 65.5 Å². The first-order chi connectivity index (χ1) is 9.19. The number of benzene rings is 1. The van der Waals surface area contributed by atoms with E-state index < -0.39 is 0 Å². The molecule has 1 N–H and O–H groups in total. The largest absolute Gasteiger partial charge is 0.494 e. The highest BCUT2D eigenvalue weighted by atomic mass is 16.5. The minimum absolute atomic E-state index is 0.333. The van der Waals surface area contributed by atoms with Gasteiger partial charge in [0, 0.05) is 17.6 Å². The van der Waals surface area contributed by atoms with Crippen LogP contribution in [-0.2, 0) is 0 Å². The zero-order valence-corrected chi connectivity index (χ0v) is 12.9. The van der Waals surface area contributed by atoms with Gasteiger partial charge in [-0.3, -0.25) is 0 Å². The molecule has 1 rings (SSSR count). The number of hydrogen-bond donors (Lipinski definition) is 1. The lowest BCUT2D eigenvalue weighted by Crippen LogP contribution is -2.29. The Morgan fingerprint density at radius 3 is 2.53 bits per heavy atom. The first-order valence-corrected chi connectivity index (χ1v) is 7.66. The fraction of sp³-hybridized carbons (Fsp3) is 0.647. The Balaban J connectivity index is 2.54. The number of para-hydroxylation sites is 1. The Bertz CT molecular complexity index is 351. The molecule has 0 amide bonds. The molecule has 1 aromatic rings. The lowest BCUT2D eigenvalue weighted by Gasteiger charge is -2.22. The van der Waals surface area contributed by atoms with E-state index in [2.05, 4.69) is 44.3 Å². The van der Waals surface area contributed by atoms with Gasteiger partial charge < -0.3 is 10.1 Å². The maximum atomic E-state index is 5.70. The Kier molecular flexibility index (Phi) is 7.57. The highest BCUT2D eigenvalue weighted by Gasteiger charge is 2.13. The van der Waals surface area contributed by atoms with Crippen molar-refractivity contribution in [3.05, 3.63) is 29.8 Å². The molecule has 19 heavy (non-hydrogen) atoms. The van der Waals surface area contributed by atoms with Crippen LogP contribution in [0.5, 0.6) is 5.75 Å². The van der Waals surface area contributed by atoms with E-state index in [-0.39, 0.29) is 0 Å². The van der Waals surface area contributed by atoms with Gasteiger partial charge in [-0.15, -0.1) is 0 Å². The number of nitrogens with one attached hydrogen (secondary N) is 1. The second kappa shape index (κ2) is 8.98. The van der Waals surface area contributed by atoms with Crippen molar-refractivity contribution in [2.24, 2.45) is 0 Å². The van der Waals surface area contributed by atoms with E-state index in [0.29, 0.717) is 12.1 Å². The van der Waals surface area contributed by atoms with Crippen LogP contribution in [0.4, 0.5) is 0 Å². The van der Waals surface area contributed by atoms with Crippen LogP contribution >= 0.6 is 0 Å². The summed E-state index contributed by atoms with van der Waals surface area (Å²) in [5.41, 5.74) is 1.26. The number of hydrogen-bond acceptors (Lipinski definition) is 2. The average Bonchev–Trinajstić information content (AvgIpc) is 2.40. The molecule has 2 heteroatoms. The second-order valence-corrected chi connectivity index (χ2v) is 5.26. The molecule has 0 bridgehead atoms. The van der Waals surface area contributed by atoms with Gasteiger partial charge in [-0.25, -0.2) is 0 Å². The van der Waals surface area contributed by atoms with Crippen molar-refractivity contribution >= 4 is 0 Å². The van der Waals surface area contributed by atoms with E-state index in [4.69, 9.17) is 4.74 Å². The predicted octanol–water partition coefficient (Wildman–Crippen LogP) is 4.70. The fourth-order valence-electron chi connectivity index (χ4n) is 2.43. The van der Waals surface area contributed by atoms with Crippen molar-refractivity contribution in [3.63, 3.8) is 0 Å². The topological polar surface area (TPSA) is 21.3 Å². The smallest absolute Gasteiger partial charge is 0.124 e. The molecule has 108 valence electrons. The van der Waals surface area contributed by atoms with E-state index in [1.54, 1.807) is 0 Å². The van der Waals surface area contributed by atoms with Gasteiger partial charge in [0.05, 0.1) is 6.61 Å². The number of rotatable bonds is 9. The molecule has 0 aromatic heterocycles. The molecule has 0 saturated heterocycles. The quantitative estimate of drug-likeness (QED) is 0.652. The van der Waals surface area contributed by atoms with Gasteiger partial charge in [-0.1, -0.05) is 44.4 Å². The molecule has 2 unspecified atom stereocenters. The van der Waals surface area contributed by atoms with Crippen molar-refractivity contribution < 1.29 is 4.74 Å². The molecule has 0 aliphatic heterocycles. The molecule has 2 nitrogen and oxygen atoms in total. The average molecular weight is 263 g/mol. The van der Waals surface area contributed by atoms with Crippen LogP contribution in [0.15, 0.2) is 24.3 Å². The molecule has 0 fully saturated rings. The third-order valence-electron chi connectivity index (χ3n) is 3.46. The van der Waals surface area contributed by atoms with Crippen LogP contribution < -0.4 is 10.1 Å². The molecule has 1 aromatic carbocycles. The Labute approximate surface area is 118 Å². The second-order valence-electron chi connectivity index (χ2n) is 5.26. The summed E-state index contributed by atoms with van der Waals surface area (Å²) in [7, 11) is 0. The van der Waals surface area contributed by atoms with Gasteiger partial charge in [-0.05, 0) is 33.3 Å². The van der Waals surface area contributed by atoms with Gasteiger partial charge in [0.25, 0.3) is 0 Å². The Morgan fingerprint density at radius 1 is 1.11 bits per heavy atom. The summed E-state index contributed by atoms with van der Waals surface area (Å²) in [5, 5.41) is 3.67. The third kappa shape index (κ3) is 5.65. The van der Waals surface area contributed by atoms with E-state index in [1.807, 2.05) is 13.0 Å². The number of ether oxygens (including phenoxy) is 1. The van der Waals surface area contributed by atoms with Crippen molar-refractivity contribution in [2.75, 3.05) is 6.61 Å². The van der Waals surface area contributed by atoms with E-state index in [0.717, 1.165) is 12.4 Å². The summed E-state index contributed by atoms with van der Waals surface area (Å²) in [6.07, 6.45) is 5.17. The third-order valence-corrected chi connectivity index (χ3v) is 3.46. The van der Waals surface area contributed by atoms with Crippen LogP contribution in [0, 0.1) is 0 Å². The first-order valence-electron chi connectivity index (χ1n) is 7.66. The van der Waals surface area contributed by atoms with Crippen LogP contribution in [0.3, 0.4) is 0 Å². The summed E-state index contributed by atoms with van der Waals surface area (Å²) in [5.74, 6) is 1.01. The van der Waals surface area contributed by atoms with E-state index in [1.165, 1.54) is 31.2 Å². The Hall–Kier alpha value is -1.02. The zero-order chi connectivity index (χ0) is 14.1.